The fourth-order valence-electron chi connectivity index (χ4n) is 1.82. The van der Waals surface area contributed by atoms with Crippen molar-refractivity contribution in [3.8, 4) is 0 Å². The highest BCUT2D eigenvalue weighted by molar-refractivity contribution is 6.04. The van der Waals surface area contributed by atoms with E-state index in [-0.39, 0.29) is 18.4 Å². The van der Waals surface area contributed by atoms with Crippen molar-refractivity contribution >= 4 is 22.7 Å². The quantitative estimate of drug-likeness (QED) is 0.540. The Balaban J connectivity index is 1.85. The number of hydrogen-bond donors (Lipinski definition) is 4. The summed E-state index contributed by atoms with van der Waals surface area (Å²) in [7, 11) is 1.70. The zero-order valence-electron chi connectivity index (χ0n) is 11.2. The molecule has 7 heteroatoms. The van der Waals surface area contributed by atoms with E-state index in [4.69, 9.17) is 0 Å². The van der Waals surface area contributed by atoms with E-state index in [9.17, 15) is 9.59 Å². The fraction of sp³-hybridized carbons (Fsp3) is 0.308. The van der Waals surface area contributed by atoms with Crippen LogP contribution in [0.2, 0.25) is 0 Å². The number of nitrogens with zero attached hydrogens (tertiary/aromatic N) is 1. The Morgan fingerprint density at radius 2 is 1.95 bits per heavy atom. The molecule has 1 aromatic heterocycles. The zero-order chi connectivity index (χ0) is 14.4. The molecule has 0 spiro atoms. The molecule has 0 fully saturated rings. The molecule has 7 nitrogen and oxygen atoms in total. The molecular weight excluding hydrogens is 258 g/mol. The van der Waals surface area contributed by atoms with Gasteiger partial charge in [0.15, 0.2) is 5.69 Å². The lowest BCUT2D eigenvalue weighted by Gasteiger charge is -2.05. The molecule has 0 aliphatic carbocycles. The van der Waals surface area contributed by atoms with Crippen LogP contribution in [0.5, 0.6) is 0 Å². The van der Waals surface area contributed by atoms with E-state index in [2.05, 4.69) is 26.1 Å². The predicted molar refractivity (Wildman–Crippen MR) is 75.4 cm³/mol. The maximum atomic E-state index is 12.0. The first kappa shape index (κ1) is 14.0. The van der Waals surface area contributed by atoms with Crippen LogP contribution in [0.3, 0.4) is 0 Å². The molecular formula is C13H17N5O2. The average Bonchev–Trinajstić information content (AvgIpc) is 2.87. The molecule has 0 aliphatic heterocycles. The Morgan fingerprint density at radius 3 is 2.75 bits per heavy atom. The second-order valence-corrected chi connectivity index (χ2v) is 4.25. The summed E-state index contributed by atoms with van der Waals surface area (Å²) < 4.78 is 0. The molecule has 4 N–H and O–H groups in total. The van der Waals surface area contributed by atoms with Crippen molar-refractivity contribution < 1.29 is 9.59 Å². The first-order valence-electron chi connectivity index (χ1n) is 6.35. The largest absolute Gasteiger partial charge is 0.353 e. The first-order valence-corrected chi connectivity index (χ1v) is 6.35. The van der Waals surface area contributed by atoms with Crippen molar-refractivity contribution in [2.24, 2.45) is 0 Å². The number of likely N-dealkylation sites (N-methyl/N-ethyl adjacent to an activating group) is 1. The number of fused-ring (bicyclic) bond motifs is 1. The van der Waals surface area contributed by atoms with Gasteiger partial charge in [-0.25, -0.2) is 0 Å². The number of para-hydroxylation sites is 1. The summed E-state index contributed by atoms with van der Waals surface area (Å²) in [5.41, 5.74) is 1.18. The van der Waals surface area contributed by atoms with E-state index in [0.717, 1.165) is 10.9 Å². The van der Waals surface area contributed by atoms with Gasteiger partial charge in [0, 0.05) is 18.5 Å². The number of H-pyrrole nitrogens is 1. The van der Waals surface area contributed by atoms with Crippen LogP contribution in [0.25, 0.3) is 10.9 Å². The number of carbonyl (C=O) groups is 2. The second-order valence-electron chi connectivity index (χ2n) is 4.25. The minimum atomic E-state index is -0.259. The molecule has 1 heterocycles. The molecule has 0 aliphatic rings. The molecule has 0 saturated carbocycles. The van der Waals surface area contributed by atoms with Crippen molar-refractivity contribution in [3.63, 3.8) is 0 Å². The lowest BCUT2D eigenvalue weighted by Crippen LogP contribution is -2.38. The van der Waals surface area contributed by atoms with Crippen LogP contribution in [0, 0.1) is 0 Å². The van der Waals surface area contributed by atoms with Gasteiger partial charge in [-0.3, -0.25) is 14.7 Å². The van der Waals surface area contributed by atoms with Gasteiger partial charge < -0.3 is 16.0 Å². The number of amides is 2. The van der Waals surface area contributed by atoms with Gasteiger partial charge in [-0.15, -0.1) is 0 Å². The lowest BCUT2D eigenvalue weighted by atomic mass is 10.2. The van der Waals surface area contributed by atoms with Crippen molar-refractivity contribution in [1.82, 2.24) is 26.1 Å². The average molecular weight is 275 g/mol. The Labute approximate surface area is 116 Å². The number of carbonyl (C=O) groups excluding carboxylic acids is 2. The summed E-state index contributed by atoms with van der Waals surface area (Å²) in [6.07, 6.45) is 0. The highest BCUT2D eigenvalue weighted by atomic mass is 16.2. The SMILES string of the molecule is CNCC(=O)NCCNC(=O)c1n[nH]c2ccccc12. The fourth-order valence-corrected chi connectivity index (χ4v) is 1.82. The summed E-state index contributed by atoms with van der Waals surface area (Å²) in [4.78, 5) is 23.2. The molecule has 2 rings (SSSR count). The number of aromatic amines is 1. The second kappa shape index (κ2) is 6.67. The summed E-state index contributed by atoms with van der Waals surface area (Å²) in [6.45, 7) is 1.00. The molecule has 0 bridgehead atoms. The van der Waals surface area contributed by atoms with Crippen molar-refractivity contribution in [2.45, 2.75) is 0 Å². The Bertz CT molecular complexity index is 608. The molecule has 20 heavy (non-hydrogen) atoms. The Morgan fingerprint density at radius 1 is 1.20 bits per heavy atom. The molecule has 106 valence electrons. The predicted octanol–water partition coefficient (Wildman–Crippen LogP) is -0.372. The van der Waals surface area contributed by atoms with Gasteiger partial charge in [0.1, 0.15) is 0 Å². The number of hydrogen-bond acceptors (Lipinski definition) is 4. The van der Waals surface area contributed by atoms with E-state index in [1.54, 1.807) is 7.05 Å². The highest BCUT2D eigenvalue weighted by Gasteiger charge is 2.12. The highest BCUT2D eigenvalue weighted by Crippen LogP contribution is 2.14. The van der Waals surface area contributed by atoms with E-state index in [1.807, 2.05) is 24.3 Å². The Kier molecular flexibility index (Phi) is 4.67. The third kappa shape index (κ3) is 3.33. The van der Waals surface area contributed by atoms with E-state index >= 15 is 0 Å². The van der Waals surface area contributed by atoms with Gasteiger partial charge in [0.05, 0.1) is 12.1 Å². The van der Waals surface area contributed by atoms with Crippen LogP contribution in [-0.4, -0.2) is 48.7 Å². The topological polar surface area (TPSA) is 98.9 Å². The van der Waals surface area contributed by atoms with Gasteiger partial charge in [0.2, 0.25) is 5.91 Å². The lowest BCUT2D eigenvalue weighted by molar-refractivity contribution is -0.120. The van der Waals surface area contributed by atoms with Crippen LogP contribution in [0.4, 0.5) is 0 Å². The van der Waals surface area contributed by atoms with Crippen molar-refractivity contribution in [1.29, 1.82) is 0 Å². The van der Waals surface area contributed by atoms with Crippen LogP contribution in [0.15, 0.2) is 24.3 Å². The van der Waals surface area contributed by atoms with Gasteiger partial charge in [-0.2, -0.15) is 5.10 Å². The molecule has 0 radical (unpaired) electrons. The van der Waals surface area contributed by atoms with Gasteiger partial charge in [-0.05, 0) is 13.1 Å². The molecule has 0 saturated heterocycles. The van der Waals surface area contributed by atoms with Crippen LogP contribution < -0.4 is 16.0 Å². The third-order valence-corrected chi connectivity index (χ3v) is 2.76. The van der Waals surface area contributed by atoms with E-state index < -0.39 is 0 Å². The minimum Gasteiger partial charge on any atom is -0.353 e. The standard InChI is InChI=1S/C13H17N5O2/c1-14-8-11(19)15-6-7-16-13(20)12-9-4-2-3-5-10(9)17-18-12/h2-5,14H,6-8H2,1H3,(H,15,19)(H,16,20)(H,17,18). The summed E-state index contributed by atoms with van der Waals surface area (Å²) >= 11 is 0. The van der Waals surface area contributed by atoms with E-state index in [1.165, 1.54) is 0 Å². The molecule has 2 aromatic rings. The summed E-state index contributed by atoms with van der Waals surface area (Å²) in [5.74, 6) is -0.364. The zero-order valence-corrected chi connectivity index (χ0v) is 11.2. The molecule has 0 unspecified atom stereocenters. The van der Waals surface area contributed by atoms with E-state index in [0.29, 0.717) is 18.8 Å². The first-order chi connectivity index (χ1) is 9.72. The Hall–Kier alpha value is -2.41. The van der Waals surface area contributed by atoms with Crippen LogP contribution >= 0.6 is 0 Å². The van der Waals surface area contributed by atoms with Crippen LogP contribution in [0.1, 0.15) is 10.5 Å². The third-order valence-electron chi connectivity index (χ3n) is 2.76. The van der Waals surface area contributed by atoms with Gasteiger partial charge >= 0.3 is 0 Å². The van der Waals surface area contributed by atoms with Gasteiger partial charge in [-0.1, -0.05) is 18.2 Å². The van der Waals surface area contributed by atoms with Crippen LogP contribution in [-0.2, 0) is 4.79 Å². The monoisotopic (exact) mass is 275 g/mol. The van der Waals surface area contributed by atoms with Gasteiger partial charge in [0.25, 0.3) is 5.91 Å². The number of nitrogens with one attached hydrogen (secondary N) is 4. The summed E-state index contributed by atoms with van der Waals surface area (Å²) in [6, 6.07) is 7.42. The smallest absolute Gasteiger partial charge is 0.272 e. The number of aromatic nitrogens is 2. The number of rotatable bonds is 6. The molecule has 0 atom stereocenters. The molecule has 2 amide bonds. The summed E-state index contributed by atoms with van der Waals surface area (Å²) in [5, 5.41) is 15.7. The number of benzene rings is 1. The minimum absolute atomic E-state index is 0.105. The van der Waals surface area contributed by atoms with Crippen molar-refractivity contribution in [3.05, 3.63) is 30.0 Å². The normalized spacial score (nSPS) is 10.4. The van der Waals surface area contributed by atoms with Crippen molar-refractivity contribution in [2.75, 3.05) is 26.7 Å². The molecule has 1 aromatic carbocycles. The maximum absolute atomic E-state index is 12.0. The maximum Gasteiger partial charge on any atom is 0.272 e.